The van der Waals surface area contributed by atoms with Crippen LogP contribution in [-0.4, -0.2) is 19.6 Å². The standard InChI is InChI=1S/C16H36N2/c1-12(2)15(13(3)4)11-18-10-14(9-17)8-16(5,6)7/h12-15,18H,8-11,17H2,1-7H3. The molecule has 1 unspecified atom stereocenters. The van der Waals surface area contributed by atoms with Crippen molar-refractivity contribution in [3.05, 3.63) is 0 Å². The van der Waals surface area contributed by atoms with Gasteiger partial charge in [-0.2, -0.15) is 0 Å². The highest BCUT2D eigenvalue weighted by Crippen LogP contribution is 2.24. The maximum Gasteiger partial charge on any atom is -0.000814 e. The Morgan fingerprint density at radius 3 is 1.78 bits per heavy atom. The van der Waals surface area contributed by atoms with E-state index in [2.05, 4.69) is 53.8 Å². The molecule has 0 saturated heterocycles. The topological polar surface area (TPSA) is 38.0 Å². The molecule has 0 saturated carbocycles. The highest BCUT2D eigenvalue weighted by atomic mass is 14.9. The van der Waals surface area contributed by atoms with Gasteiger partial charge in [0, 0.05) is 0 Å². The zero-order valence-corrected chi connectivity index (χ0v) is 13.7. The van der Waals surface area contributed by atoms with Crippen molar-refractivity contribution in [1.29, 1.82) is 0 Å². The molecule has 0 rings (SSSR count). The predicted molar refractivity (Wildman–Crippen MR) is 82.7 cm³/mol. The highest BCUT2D eigenvalue weighted by Gasteiger charge is 2.20. The minimum atomic E-state index is 0.376. The molecule has 0 aliphatic rings. The van der Waals surface area contributed by atoms with Crippen molar-refractivity contribution in [2.45, 2.75) is 54.9 Å². The van der Waals surface area contributed by atoms with E-state index in [9.17, 15) is 0 Å². The molecule has 0 radical (unpaired) electrons. The largest absolute Gasteiger partial charge is 0.330 e. The van der Waals surface area contributed by atoms with Gasteiger partial charge in [-0.1, -0.05) is 48.5 Å². The minimum absolute atomic E-state index is 0.376. The highest BCUT2D eigenvalue weighted by molar-refractivity contribution is 4.74. The van der Waals surface area contributed by atoms with Crippen LogP contribution in [0.1, 0.15) is 54.9 Å². The first-order valence-electron chi connectivity index (χ1n) is 7.58. The third-order valence-corrected chi connectivity index (χ3v) is 3.76. The molecule has 0 amide bonds. The molecule has 0 heterocycles. The molecule has 110 valence electrons. The van der Waals surface area contributed by atoms with Crippen molar-refractivity contribution in [2.75, 3.05) is 19.6 Å². The van der Waals surface area contributed by atoms with Gasteiger partial charge in [0.05, 0.1) is 0 Å². The van der Waals surface area contributed by atoms with Crippen LogP contribution < -0.4 is 11.1 Å². The number of hydrogen-bond donors (Lipinski definition) is 2. The SMILES string of the molecule is CC(C)C(CNCC(CN)CC(C)(C)C)C(C)C. The molecule has 3 N–H and O–H groups in total. The minimum Gasteiger partial charge on any atom is -0.330 e. The van der Waals surface area contributed by atoms with Gasteiger partial charge in [-0.25, -0.2) is 0 Å². The third kappa shape index (κ3) is 8.10. The first-order valence-corrected chi connectivity index (χ1v) is 7.58. The average Bonchev–Trinajstić information content (AvgIpc) is 2.19. The summed E-state index contributed by atoms with van der Waals surface area (Å²) < 4.78 is 0. The summed E-state index contributed by atoms with van der Waals surface area (Å²) in [6.45, 7) is 19.1. The number of nitrogens with one attached hydrogen (secondary N) is 1. The molecular formula is C16H36N2. The Labute approximate surface area is 115 Å². The van der Waals surface area contributed by atoms with Gasteiger partial charge < -0.3 is 11.1 Å². The Balaban J connectivity index is 4.06. The van der Waals surface area contributed by atoms with Crippen molar-refractivity contribution in [2.24, 2.45) is 34.8 Å². The lowest BCUT2D eigenvalue weighted by Crippen LogP contribution is -2.36. The maximum atomic E-state index is 5.88. The van der Waals surface area contributed by atoms with E-state index in [0.29, 0.717) is 11.3 Å². The Morgan fingerprint density at radius 2 is 1.44 bits per heavy atom. The molecule has 0 fully saturated rings. The summed E-state index contributed by atoms with van der Waals surface area (Å²) in [5.74, 6) is 2.86. The van der Waals surface area contributed by atoms with Gasteiger partial charge in [-0.3, -0.25) is 0 Å². The lowest BCUT2D eigenvalue weighted by Gasteiger charge is -2.28. The second-order valence-corrected chi connectivity index (χ2v) is 7.68. The maximum absolute atomic E-state index is 5.88. The van der Waals surface area contributed by atoms with Crippen molar-refractivity contribution < 1.29 is 0 Å². The summed E-state index contributed by atoms with van der Waals surface area (Å²) >= 11 is 0. The van der Waals surface area contributed by atoms with Gasteiger partial charge in [0.1, 0.15) is 0 Å². The van der Waals surface area contributed by atoms with Crippen LogP contribution in [0.2, 0.25) is 0 Å². The molecule has 0 spiro atoms. The average molecular weight is 256 g/mol. The summed E-state index contributed by atoms with van der Waals surface area (Å²) in [7, 11) is 0. The fraction of sp³-hybridized carbons (Fsp3) is 1.00. The summed E-state index contributed by atoms with van der Waals surface area (Å²) in [4.78, 5) is 0. The third-order valence-electron chi connectivity index (χ3n) is 3.76. The Hall–Kier alpha value is -0.0800. The van der Waals surface area contributed by atoms with Crippen LogP contribution in [0.4, 0.5) is 0 Å². The molecule has 0 aromatic carbocycles. The van der Waals surface area contributed by atoms with E-state index < -0.39 is 0 Å². The second-order valence-electron chi connectivity index (χ2n) is 7.68. The van der Waals surface area contributed by atoms with Crippen LogP contribution in [0.25, 0.3) is 0 Å². The van der Waals surface area contributed by atoms with E-state index >= 15 is 0 Å². The number of hydrogen-bond acceptors (Lipinski definition) is 2. The Bertz CT molecular complexity index is 196. The van der Waals surface area contributed by atoms with Crippen molar-refractivity contribution in [1.82, 2.24) is 5.32 Å². The molecule has 1 atom stereocenters. The van der Waals surface area contributed by atoms with Crippen molar-refractivity contribution in [3.63, 3.8) is 0 Å². The predicted octanol–water partition coefficient (Wildman–Crippen LogP) is 3.52. The first kappa shape index (κ1) is 17.9. The molecule has 0 aliphatic heterocycles. The van der Waals surface area contributed by atoms with E-state index in [-0.39, 0.29) is 0 Å². The zero-order valence-electron chi connectivity index (χ0n) is 13.7. The Kier molecular flexibility index (Phi) is 8.13. The van der Waals surface area contributed by atoms with E-state index in [1.54, 1.807) is 0 Å². The molecular weight excluding hydrogens is 220 g/mol. The fourth-order valence-corrected chi connectivity index (χ4v) is 2.80. The molecule has 18 heavy (non-hydrogen) atoms. The van der Waals surface area contributed by atoms with Crippen LogP contribution in [0.15, 0.2) is 0 Å². The number of rotatable bonds is 8. The second kappa shape index (κ2) is 8.16. The van der Waals surface area contributed by atoms with Gasteiger partial charge in [-0.15, -0.1) is 0 Å². The van der Waals surface area contributed by atoms with Crippen LogP contribution in [0.5, 0.6) is 0 Å². The van der Waals surface area contributed by atoms with Crippen LogP contribution in [0.3, 0.4) is 0 Å². The van der Waals surface area contributed by atoms with Crippen LogP contribution in [-0.2, 0) is 0 Å². The normalized spacial score (nSPS) is 14.8. The quantitative estimate of drug-likeness (QED) is 0.697. The summed E-state index contributed by atoms with van der Waals surface area (Å²) in [6, 6.07) is 0. The van der Waals surface area contributed by atoms with Crippen molar-refractivity contribution >= 4 is 0 Å². The fourth-order valence-electron chi connectivity index (χ4n) is 2.80. The van der Waals surface area contributed by atoms with E-state index in [1.165, 1.54) is 6.42 Å². The molecule has 0 aromatic heterocycles. The molecule has 0 bridgehead atoms. The van der Waals surface area contributed by atoms with Gasteiger partial charge in [-0.05, 0) is 55.1 Å². The molecule has 2 nitrogen and oxygen atoms in total. The molecule has 0 aromatic rings. The van der Waals surface area contributed by atoms with E-state index in [4.69, 9.17) is 5.73 Å². The van der Waals surface area contributed by atoms with Crippen LogP contribution in [0, 0.1) is 29.1 Å². The lowest BCUT2D eigenvalue weighted by molar-refractivity contribution is 0.252. The van der Waals surface area contributed by atoms with E-state index in [0.717, 1.165) is 37.4 Å². The Morgan fingerprint density at radius 1 is 0.944 bits per heavy atom. The van der Waals surface area contributed by atoms with E-state index in [1.807, 2.05) is 0 Å². The summed E-state index contributed by atoms with van der Waals surface area (Å²) in [5.41, 5.74) is 6.25. The van der Waals surface area contributed by atoms with Gasteiger partial charge in [0.2, 0.25) is 0 Å². The van der Waals surface area contributed by atoms with Crippen molar-refractivity contribution in [3.8, 4) is 0 Å². The van der Waals surface area contributed by atoms with Gasteiger partial charge in [0.15, 0.2) is 0 Å². The lowest BCUT2D eigenvalue weighted by atomic mass is 9.83. The van der Waals surface area contributed by atoms with Gasteiger partial charge in [0.25, 0.3) is 0 Å². The summed E-state index contributed by atoms with van der Waals surface area (Å²) in [6.07, 6.45) is 1.20. The number of nitrogens with two attached hydrogens (primary N) is 1. The molecule has 0 aliphatic carbocycles. The molecule has 2 heteroatoms. The monoisotopic (exact) mass is 256 g/mol. The van der Waals surface area contributed by atoms with Gasteiger partial charge >= 0.3 is 0 Å². The first-order chi connectivity index (χ1) is 8.17. The smallest absolute Gasteiger partial charge is 0.000814 e. The summed E-state index contributed by atoms with van der Waals surface area (Å²) in [5, 5.41) is 3.64. The zero-order chi connectivity index (χ0) is 14.3. The van der Waals surface area contributed by atoms with Crippen LogP contribution >= 0.6 is 0 Å².